The van der Waals surface area contributed by atoms with Gasteiger partial charge in [0, 0.05) is 0 Å². The number of rotatable bonds is 0. The minimum Gasteiger partial charge on any atom is -0.453 e. The maximum atomic E-state index is 5.71. The highest BCUT2D eigenvalue weighted by Gasteiger charge is 2.15. The Labute approximate surface area is 163 Å². The van der Waals surface area contributed by atoms with E-state index in [9.17, 15) is 0 Å². The van der Waals surface area contributed by atoms with Crippen molar-refractivity contribution >= 4 is 22.7 Å². The minimum absolute atomic E-state index is 0.881. The van der Waals surface area contributed by atoms with Crippen LogP contribution in [0.1, 0.15) is 0 Å². The van der Waals surface area contributed by atoms with Crippen molar-refractivity contribution in [2.75, 3.05) is 10.6 Å². The molecule has 4 aromatic rings. The number of hydrogen-bond acceptors (Lipinski definition) is 4. The summed E-state index contributed by atoms with van der Waals surface area (Å²) in [7, 11) is 0. The number of anilines is 4. The van der Waals surface area contributed by atoms with Crippen LogP contribution in [0.4, 0.5) is 22.7 Å². The summed E-state index contributed by atoms with van der Waals surface area (Å²) in [4.78, 5) is 0. The molecule has 4 nitrogen and oxygen atoms in total. The van der Waals surface area contributed by atoms with Crippen molar-refractivity contribution in [2.45, 2.75) is 0 Å². The van der Waals surface area contributed by atoms with Gasteiger partial charge in [-0.2, -0.15) is 0 Å². The molecule has 2 aliphatic heterocycles. The van der Waals surface area contributed by atoms with Gasteiger partial charge in [-0.3, -0.25) is 0 Å². The first-order chi connectivity index (χ1) is 13.9. The molecule has 0 radical (unpaired) electrons. The lowest BCUT2D eigenvalue weighted by molar-refractivity contribution is 0.481. The third-order valence-corrected chi connectivity index (χ3v) is 4.53. The first-order valence-electron chi connectivity index (χ1n) is 9.13. The fraction of sp³-hybridized carbons (Fsp3) is 0. The number of fused-ring (bicyclic) bond motifs is 4. The lowest BCUT2D eigenvalue weighted by Crippen LogP contribution is -2.01. The van der Waals surface area contributed by atoms with E-state index in [-0.39, 0.29) is 0 Å². The molecule has 0 saturated heterocycles. The van der Waals surface area contributed by atoms with Crippen molar-refractivity contribution in [1.29, 1.82) is 0 Å². The molecule has 2 aliphatic rings. The third-order valence-electron chi connectivity index (χ3n) is 4.53. The zero-order valence-electron chi connectivity index (χ0n) is 15.1. The number of benzene rings is 4. The molecule has 4 heteroatoms. The summed E-state index contributed by atoms with van der Waals surface area (Å²) in [5, 5.41) is 6.63. The van der Waals surface area contributed by atoms with Gasteiger partial charge in [-0.1, -0.05) is 48.5 Å². The van der Waals surface area contributed by atoms with Gasteiger partial charge in [0.2, 0.25) is 0 Å². The van der Waals surface area contributed by atoms with E-state index < -0.39 is 0 Å². The molecule has 2 heterocycles. The minimum atomic E-state index is 0.881. The summed E-state index contributed by atoms with van der Waals surface area (Å²) in [5.74, 6) is 3.52. The Bertz CT molecular complexity index is 875. The van der Waals surface area contributed by atoms with Gasteiger partial charge in [-0.05, 0) is 48.5 Å². The maximum absolute atomic E-state index is 5.71. The Balaban J connectivity index is 0.000000122. The fourth-order valence-corrected chi connectivity index (χ4v) is 3.16. The van der Waals surface area contributed by atoms with Crippen LogP contribution >= 0.6 is 0 Å². The summed E-state index contributed by atoms with van der Waals surface area (Å²) < 4.78 is 11.4. The average molecular weight is 366 g/mol. The van der Waals surface area contributed by atoms with Crippen LogP contribution in [0.15, 0.2) is 97.1 Å². The van der Waals surface area contributed by atoms with Gasteiger partial charge in [-0.15, -0.1) is 0 Å². The van der Waals surface area contributed by atoms with Crippen LogP contribution in [0.25, 0.3) is 0 Å². The second kappa shape index (κ2) is 7.00. The van der Waals surface area contributed by atoms with Crippen LogP contribution in [-0.2, 0) is 0 Å². The third kappa shape index (κ3) is 3.12. The smallest absolute Gasteiger partial charge is 0.150 e. The molecule has 28 heavy (non-hydrogen) atoms. The van der Waals surface area contributed by atoms with Crippen molar-refractivity contribution in [1.82, 2.24) is 0 Å². The van der Waals surface area contributed by atoms with Gasteiger partial charge in [-0.25, -0.2) is 0 Å². The van der Waals surface area contributed by atoms with Gasteiger partial charge < -0.3 is 20.1 Å². The second-order valence-electron chi connectivity index (χ2n) is 6.44. The molecule has 0 aromatic heterocycles. The van der Waals surface area contributed by atoms with E-state index in [2.05, 4.69) is 10.6 Å². The van der Waals surface area contributed by atoms with Gasteiger partial charge in [0.15, 0.2) is 23.0 Å². The van der Waals surface area contributed by atoms with Crippen LogP contribution in [0, 0.1) is 0 Å². The lowest BCUT2D eigenvalue weighted by atomic mass is 10.2. The molecule has 0 amide bonds. The van der Waals surface area contributed by atoms with Crippen LogP contribution in [0.5, 0.6) is 23.0 Å². The Kier molecular flexibility index (Phi) is 4.07. The average Bonchev–Trinajstić information content (AvgIpc) is 2.76. The van der Waals surface area contributed by atoms with Gasteiger partial charge in [0.1, 0.15) is 0 Å². The maximum Gasteiger partial charge on any atom is 0.150 e. The van der Waals surface area contributed by atoms with Crippen LogP contribution in [-0.4, -0.2) is 0 Å². The second-order valence-corrected chi connectivity index (χ2v) is 6.44. The van der Waals surface area contributed by atoms with Crippen molar-refractivity contribution < 1.29 is 9.47 Å². The van der Waals surface area contributed by atoms with Crippen LogP contribution in [0.3, 0.4) is 0 Å². The van der Waals surface area contributed by atoms with Crippen LogP contribution < -0.4 is 20.1 Å². The van der Waals surface area contributed by atoms with Crippen molar-refractivity contribution in [3.05, 3.63) is 97.1 Å². The Hall–Kier alpha value is -3.92. The summed E-state index contributed by atoms with van der Waals surface area (Å²) in [6.07, 6.45) is 0. The fourth-order valence-electron chi connectivity index (χ4n) is 3.16. The predicted molar refractivity (Wildman–Crippen MR) is 112 cm³/mol. The highest BCUT2D eigenvalue weighted by molar-refractivity contribution is 5.76. The Morgan fingerprint density at radius 3 is 0.893 bits per heavy atom. The number of para-hydroxylation sites is 8. The molecule has 0 fully saturated rings. The first-order valence-corrected chi connectivity index (χ1v) is 9.13. The molecular formula is C24H18N2O2. The van der Waals surface area contributed by atoms with Crippen molar-refractivity contribution in [3.8, 4) is 23.0 Å². The van der Waals surface area contributed by atoms with E-state index in [0.29, 0.717) is 0 Å². The highest BCUT2D eigenvalue weighted by Crippen LogP contribution is 2.42. The molecule has 0 bridgehead atoms. The molecule has 0 saturated carbocycles. The quantitative estimate of drug-likeness (QED) is 0.302. The highest BCUT2D eigenvalue weighted by atomic mass is 16.5. The first kappa shape index (κ1) is 16.3. The van der Waals surface area contributed by atoms with Crippen molar-refractivity contribution in [2.24, 2.45) is 0 Å². The molecular weight excluding hydrogens is 348 g/mol. The Morgan fingerprint density at radius 2 is 0.607 bits per heavy atom. The van der Waals surface area contributed by atoms with E-state index in [1.54, 1.807) is 0 Å². The molecule has 0 unspecified atom stereocenters. The molecule has 136 valence electrons. The summed E-state index contributed by atoms with van der Waals surface area (Å²) in [5.41, 5.74) is 4.08. The molecule has 6 rings (SSSR count). The van der Waals surface area contributed by atoms with E-state index in [4.69, 9.17) is 9.47 Å². The van der Waals surface area contributed by atoms with E-state index in [1.165, 1.54) is 0 Å². The van der Waals surface area contributed by atoms with Gasteiger partial charge >= 0.3 is 0 Å². The van der Waals surface area contributed by atoms with E-state index in [0.717, 1.165) is 45.7 Å². The standard InChI is InChI=1S/2C12H9NO/c2*1-3-7-11-9(5-1)13-10-6-2-4-8-12(10)14-11/h2*1-8,13H. The van der Waals surface area contributed by atoms with Gasteiger partial charge in [0.25, 0.3) is 0 Å². The molecule has 0 spiro atoms. The lowest BCUT2D eigenvalue weighted by Gasteiger charge is -2.20. The Morgan fingerprint density at radius 1 is 0.357 bits per heavy atom. The number of ether oxygens (including phenoxy) is 2. The van der Waals surface area contributed by atoms with Gasteiger partial charge in [0.05, 0.1) is 22.7 Å². The largest absolute Gasteiger partial charge is 0.453 e. The molecule has 2 N–H and O–H groups in total. The van der Waals surface area contributed by atoms with Crippen LogP contribution in [0.2, 0.25) is 0 Å². The monoisotopic (exact) mass is 366 g/mol. The topological polar surface area (TPSA) is 42.5 Å². The van der Waals surface area contributed by atoms with E-state index >= 15 is 0 Å². The summed E-state index contributed by atoms with van der Waals surface area (Å²) >= 11 is 0. The summed E-state index contributed by atoms with van der Waals surface area (Å²) in [6, 6.07) is 31.7. The van der Waals surface area contributed by atoms with Crippen molar-refractivity contribution in [3.63, 3.8) is 0 Å². The van der Waals surface area contributed by atoms with E-state index in [1.807, 2.05) is 97.1 Å². The zero-order valence-corrected chi connectivity index (χ0v) is 15.1. The molecule has 0 atom stereocenters. The molecule has 0 aliphatic carbocycles. The number of hydrogen-bond donors (Lipinski definition) is 2. The summed E-state index contributed by atoms with van der Waals surface area (Å²) in [6.45, 7) is 0. The normalized spacial score (nSPS) is 12.0. The zero-order chi connectivity index (χ0) is 18.8. The number of nitrogens with one attached hydrogen (secondary N) is 2. The predicted octanol–water partition coefficient (Wildman–Crippen LogP) is 7.07. The SMILES string of the molecule is c1ccc2c(c1)Nc1ccccc1O2.c1ccc2c(c1)Nc1ccccc1O2. The molecule has 4 aromatic carbocycles.